The maximum absolute atomic E-state index is 12.4. The molecule has 1 N–H and O–H groups in total. The van der Waals surface area contributed by atoms with Crippen LogP contribution in [0.2, 0.25) is 0 Å². The Kier molecular flexibility index (Phi) is 7.22. The van der Waals surface area contributed by atoms with Gasteiger partial charge in [-0.1, -0.05) is 8.01 Å². The van der Waals surface area contributed by atoms with Gasteiger partial charge < -0.3 is 0 Å². The fraction of sp³-hybridized carbons (Fsp3) is 1.00. The van der Waals surface area contributed by atoms with Crippen LogP contribution >= 0.6 is 0 Å². The standard InChI is InChI=1S/C3H3F6NO4S2.K.H/c4-1-2(5,6)3(7,8)15(11,12)10-16(9,13)14;;/h10H,1H2;;. The van der Waals surface area contributed by atoms with Gasteiger partial charge in [0.15, 0.2) is 6.67 Å². The molecule has 0 aliphatic carbocycles. The van der Waals surface area contributed by atoms with Crippen LogP contribution in [0.15, 0.2) is 0 Å². The second kappa shape index (κ2) is 6.02. The van der Waals surface area contributed by atoms with Gasteiger partial charge in [0.25, 0.3) is 10.0 Å². The van der Waals surface area contributed by atoms with Crippen molar-refractivity contribution in [1.29, 1.82) is 0 Å². The predicted octanol–water partition coefficient (Wildman–Crippen LogP) is -0.331. The molecule has 0 unspecified atom stereocenters. The normalized spacial score (nSPS) is 14.2. The molecule has 0 fully saturated rings. The first-order valence-electron chi connectivity index (χ1n) is 3.06. The van der Waals surface area contributed by atoms with E-state index in [2.05, 4.69) is 0 Å². The Bertz CT molecular complexity index is 460. The second-order valence-corrected chi connectivity index (χ2v) is 5.44. The van der Waals surface area contributed by atoms with E-state index in [0.717, 1.165) is 0 Å². The van der Waals surface area contributed by atoms with Crippen molar-refractivity contribution in [2.75, 3.05) is 6.67 Å². The summed E-state index contributed by atoms with van der Waals surface area (Å²) in [5.41, 5.74) is 0. The first-order valence-corrected chi connectivity index (χ1v) is 5.93. The fourth-order valence-corrected chi connectivity index (χ4v) is 2.37. The molecule has 0 saturated heterocycles. The van der Waals surface area contributed by atoms with Crippen LogP contribution in [-0.2, 0) is 20.4 Å². The van der Waals surface area contributed by atoms with Crippen molar-refractivity contribution in [3.05, 3.63) is 0 Å². The molecule has 0 rings (SSSR count). The molecule has 0 aliphatic heterocycles. The zero-order chi connectivity index (χ0) is 13.4. The molecule has 0 aromatic carbocycles. The summed E-state index contributed by atoms with van der Waals surface area (Å²) in [7, 11) is -12.8. The molecule has 0 radical (unpaired) electrons. The van der Waals surface area contributed by atoms with Crippen molar-refractivity contribution < 1.29 is 42.7 Å². The van der Waals surface area contributed by atoms with Crippen LogP contribution in [0.3, 0.4) is 0 Å². The number of alkyl halides is 5. The third kappa shape index (κ3) is 4.92. The Hall–Kier alpha value is 1.08. The summed E-state index contributed by atoms with van der Waals surface area (Å²) >= 11 is 0. The first kappa shape index (κ1) is 20.4. The van der Waals surface area contributed by atoms with E-state index in [1.165, 1.54) is 0 Å². The number of nitrogens with one attached hydrogen (secondary N) is 1. The van der Waals surface area contributed by atoms with Crippen molar-refractivity contribution in [2.45, 2.75) is 11.2 Å². The summed E-state index contributed by atoms with van der Waals surface area (Å²) in [6, 6.07) is 0. The van der Waals surface area contributed by atoms with Crippen LogP contribution < -0.4 is 4.13 Å². The minimum absolute atomic E-state index is 0. The monoisotopic (exact) mass is 335 g/mol. The Morgan fingerprint density at radius 1 is 1.00 bits per heavy atom. The summed E-state index contributed by atoms with van der Waals surface area (Å²) in [4.78, 5) is 0. The van der Waals surface area contributed by atoms with E-state index < -0.39 is 38.3 Å². The number of hydrogen-bond acceptors (Lipinski definition) is 4. The van der Waals surface area contributed by atoms with E-state index in [-0.39, 0.29) is 55.5 Å². The quantitative estimate of drug-likeness (QED) is 0.424. The topological polar surface area (TPSA) is 80.3 Å². The van der Waals surface area contributed by atoms with Crippen LogP contribution in [0.5, 0.6) is 0 Å². The maximum atomic E-state index is 12.4. The summed E-state index contributed by atoms with van der Waals surface area (Å²) in [5, 5.41) is -6.12. The van der Waals surface area contributed by atoms with E-state index >= 15 is 0 Å². The first-order chi connectivity index (χ1) is 6.77. The molecular weight excluding hydrogens is 331 g/mol. The van der Waals surface area contributed by atoms with Gasteiger partial charge in [0.05, 0.1) is 0 Å². The number of rotatable bonds is 5. The molecule has 0 aliphatic rings. The van der Waals surface area contributed by atoms with Crippen molar-refractivity contribution in [1.82, 2.24) is 4.13 Å². The van der Waals surface area contributed by atoms with Gasteiger partial charge in [-0.2, -0.15) is 26.0 Å². The Labute approximate surface area is 135 Å². The molecule has 0 aromatic heterocycles. The van der Waals surface area contributed by atoms with Gasteiger partial charge in [-0.05, 0) is 0 Å². The van der Waals surface area contributed by atoms with Crippen molar-refractivity contribution >= 4 is 71.8 Å². The van der Waals surface area contributed by atoms with E-state index in [1.807, 2.05) is 0 Å². The summed E-state index contributed by atoms with van der Waals surface area (Å²) in [5.74, 6) is -5.69. The van der Waals surface area contributed by atoms with Crippen molar-refractivity contribution in [3.63, 3.8) is 0 Å². The number of sulfonamides is 1. The Balaban J connectivity index is 0. The van der Waals surface area contributed by atoms with Crippen LogP contribution in [0.4, 0.5) is 25.8 Å². The summed E-state index contributed by atoms with van der Waals surface area (Å²) < 4.78 is 112. The summed E-state index contributed by atoms with van der Waals surface area (Å²) in [6.07, 6.45) is 0. The average Bonchev–Trinajstić information content (AvgIpc) is 1.99. The molecular formula is C3H4F6KNO4S2. The van der Waals surface area contributed by atoms with Crippen LogP contribution in [0, 0.1) is 0 Å². The summed E-state index contributed by atoms with van der Waals surface area (Å²) in [6.45, 7) is -3.08. The molecule has 0 atom stereocenters. The molecule has 14 heteroatoms. The van der Waals surface area contributed by atoms with E-state index in [1.54, 1.807) is 0 Å². The van der Waals surface area contributed by atoms with E-state index in [4.69, 9.17) is 0 Å². The Morgan fingerprint density at radius 3 is 1.59 bits per heavy atom. The van der Waals surface area contributed by atoms with Gasteiger partial charge in [0.1, 0.15) is 0 Å². The number of halogens is 6. The molecule has 0 heterocycles. The van der Waals surface area contributed by atoms with Crippen molar-refractivity contribution in [2.24, 2.45) is 0 Å². The zero-order valence-electron chi connectivity index (χ0n) is 6.92. The fourth-order valence-electron chi connectivity index (χ4n) is 0.458. The van der Waals surface area contributed by atoms with Gasteiger partial charge in [-0.25, -0.2) is 12.8 Å². The van der Waals surface area contributed by atoms with Gasteiger partial charge in [-0.3, -0.25) is 0 Å². The predicted molar refractivity (Wildman–Crippen MR) is 45.1 cm³/mol. The van der Waals surface area contributed by atoms with Gasteiger partial charge in [0, 0.05) is 0 Å². The molecule has 0 saturated carbocycles. The molecule has 5 nitrogen and oxygen atoms in total. The minimum atomic E-state index is -6.62. The van der Waals surface area contributed by atoms with Gasteiger partial charge in [-0.15, -0.1) is 0 Å². The third-order valence-corrected chi connectivity index (χ3v) is 3.79. The third-order valence-electron chi connectivity index (χ3n) is 1.14. The second-order valence-electron chi connectivity index (χ2n) is 2.38. The van der Waals surface area contributed by atoms with E-state index in [9.17, 15) is 42.7 Å². The van der Waals surface area contributed by atoms with E-state index in [0.29, 0.717) is 0 Å². The molecule has 0 bridgehead atoms. The molecule has 100 valence electrons. The van der Waals surface area contributed by atoms with Crippen molar-refractivity contribution in [3.8, 4) is 0 Å². The van der Waals surface area contributed by atoms with Gasteiger partial charge in [0.2, 0.25) is 0 Å². The van der Waals surface area contributed by atoms with Crippen LogP contribution in [0.25, 0.3) is 0 Å². The molecule has 0 amide bonds. The molecule has 0 spiro atoms. The average molecular weight is 335 g/mol. The number of hydrogen-bond donors (Lipinski definition) is 1. The Morgan fingerprint density at radius 2 is 1.35 bits per heavy atom. The molecule has 0 aromatic rings. The molecule has 17 heavy (non-hydrogen) atoms. The van der Waals surface area contributed by atoms with Gasteiger partial charge >= 0.3 is 73.0 Å². The van der Waals surface area contributed by atoms with Crippen LogP contribution in [0.1, 0.15) is 0 Å². The SMILES string of the molecule is O=S(=O)(F)NS(=O)(=O)C(F)(F)C(F)(F)CF.[KH]. The zero-order valence-corrected chi connectivity index (χ0v) is 8.56. The van der Waals surface area contributed by atoms with Crippen LogP contribution in [-0.4, -0.2) is 86.1 Å².